The second kappa shape index (κ2) is 7.25. The van der Waals surface area contributed by atoms with Gasteiger partial charge in [0.1, 0.15) is 0 Å². The van der Waals surface area contributed by atoms with Gasteiger partial charge in [-0.1, -0.05) is 47.0 Å². The number of aliphatic hydroxyl groups excluding tert-OH is 1. The standard InChI is InChI=1S/C21H39NO2/c1-5-22(17-9-7-6-8-10-17)14-18(23)15-24-19-13-16-11-12-21(19,4)20(16,2)3/h16-19,23H,5-15H2,1-4H3/t16-,18+,19-,21-/m1/s1. The Kier molecular flexibility index (Phi) is 5.64. The Balaban J connectivity index is 1.48. The lowest BCUT2D eigenvalue weighted by Gasteiger charge is -2.39. The van der Waals surface area contributed by atoms with Gasteiger partial charge in [-0.15, -0.1) is 0 Å². The predicted octanol–water partition coefficient (Wildman–Crippen LogP) is 4.23. The first-order valence-corrected chi connectivity index (χ1v) is 10.4. The molecule has 0 amide bonds. The third-order valence-electron chi connectivity index (χ3n) is 8.15. The summed E-state index contributed by atoms with van der Waals surface area (Å²) < 4.78 is 6.29. The fourth-order valence-electron chi connectivity index (χ4n) is 5.92. The highest BCUT2D eigenvalue weighted by Gasteiger charge is 2.61. The van der Waals surface area contributed by atoms with Crippen molar-refractivity contribution in [2.24, 2.45) is 16.7 Å². The molecule has 3 nitrogen and oxygen atoms in total. The zero-order valence-corrected chi connectivity index (χ0v) is 16.4. The molecule has 1 N–H and O–H groups in total. The van der Waals surface area contributed by atoms with E-state index in [2.05, 4.69) is 32.6 Å². The number of rotatable bonds is 7. The molecule has 0 unspecified atom stereocenters. The van der Waals surface area contributed by atoms with E-state index in [0.29, 0.717) is 29.6 Å². The maximum absolute atomic E-state index is 10.6. The van der Waals surface area contributed by atoms with Crippen LogP contribution in [0.5, 0.6) is 0 Å². The molecule has 0 aromatic rings. The van der Waals surface area contributed by atoms with Gasteiger partial charge in [-0.2, -0.15) is 0 Å². The van der Waals surface area contributed by atoms with Gasteiger partial charge in [0.15, 0.2) is 0 Å². The van der Waals surface area contributed by atoms with E-state index in [-0.39, 0.29) is 6.10 Å². The number of likely N-dealkylation sites (N-methyl/N-ethyl adjacent to an activating group) is 1. The van der Waals surface area contributed by atoms with Gasteiger partial charge in [0.2, 0.25) is 0 Å². The lowest BCUT2D eigenvalue weighted by molar-refractivity contribution is -0.0813. The number of aliphatic hydroxyl groups is 1. The smallest absolute Gasteiger partial charge is 0.0900 e. The Morgan fingerprint density at radius 3 is 2.38 bits per heavy atom. The highest BCUT2D eigenvalue weighted by atomic mass is 16.5. The number of hydrogen-bond acceptors (Lipinski definition) is 3. The summed E-state index contributed by atoms with van der Waals surface area (Å²) in [6.45, 7) is 11.8. The molecule has 3 aliphatic rings. The maximum Gasteiger partial charge on any atom is 0.0900 e. The molecule has 3 aliphatic carbocycles. The van der Waals surface area contributed by atoms with E-state index < -0.39 is 0 Å². The molecular weight excluding hydrogens is 298 g/mol. The van der Waals surface area contributed by atoms with Crippen LogP contribution in [0.4, 0.5) is 0 Å². The number of ether oxygens (including phenoxy) is 1. The molecule has 0 saturated heterocycles. The van der Waals surface area contributed by atoms with Crippen LogP contribution in [0.2, 0.25) is 0 Å². The third-order valence-corrected chi connectivity index (χ3v) is 8.15. The van der Waals surface area contributed by atoms with Gasteiger partial charge in [0.05, 0.1) is 18.8 Å². The Hall–Kier alpha value is -0.120. The second-order valence-electron chi connectivity index (χ2n) is 9.47. The third kappa shape index (κ3) is 3.29. The molecule has 0 aromatic heterocycles. The van der Waals surface area contributed by atoms with Gasteiger partial charge in [-0.25, -0.2) is 0 Å². The minimum atomic E-state index is -0.349. The zero-order chi connectivity index (χ0) is 17.4. The van der Waals surface area contributed by atoms with Crippen molar-refractivity contribution in [2.75, 3.05) is 19.7 Å². The van der Waals surface area contributed by atoms with Crippen molar-refractivity contribution in [1.82, 2.24) is 4.90 Å². The molecule has 2 bridgehead atoms. The van der Waals surface area contributed by atoms with Crippen LogP contribution < -0.4 is 0 Å². The summed E-state index contributed by atoms with van der Waals surface area (Å²) in [5.41, 5.74) is 0.686. The minimum absolute atomic E-state index is 0.297. The molecule has 3 rings (SSSR count). The van der Waals surface area contributed by atoms with Crippen molar-refractivity contribution in [3.8, 4) is 0 Å². The van der Waals surface area contributed by atoms with Gasteiger partial charge in [-0.3, -0.25) is 4.90 Å². The first kappa shape index (κ1) is 18.7. The average Bonchev–Trinajstić information content (AvgIpc) is 2.91. The van der Waals surface area contributed by atoms with Crippen LogP contribution in [0.3, 0.4) is 0 Å². The number of nitrogens with zero attached hydrogens (tertiary/aromatic N) is 1. The molecule has 0 heterocycles. The lowest BCUT2D eigenvalue weighted by Crippen LogP contribution is -2.44. The van der Waals surface area contributed by atoms with Gasteiger partial charge < -0.3 is 9.84 Å². The van der Waals surface area contributed by atoms with E-state index >= 15 is 0 Å². The van der Waals surface area contributed by atoms with Crippen molar-refractivity contribution >= 4 is 0 Å². The van der Waals surface area contributed by atoms with E-state index in [9.17, 15) is 5.11 Å². The van der Waals surface area contributed by atoms with Crippen LogP contribution in [0.1, 0.15) is 79.1 Å². The largest absolute Gasteiger partial charge is 0.389 e. The van der Waals surface area contributed by atoms with Crippen molar-refractivity contribution in [3.63, 3.8) is 0 Å². The summed E-state index contributed by atoms with van der Waals surface area (Å²) in [4.78, 5) is 2.49. The SMILES string of the molecule is CCN(C[C@H](O)CO[C@@H]1C[C@H]2CC[C@@]1(C)C2(C)C)C1CCCCC1. The van der Waals surface area contributed by atoms with E-state index in [1.165, 1.54) is 51.4 Å². The van der Waals surface area contributed by atoms with Crippen LogP contribution in [0, 0.1) is 16.7 Å². The fraction of sp³-hybridized carbons (Fsp3) is 1.00. The maximum atomic E-state index is 10.6. The predicted molar refractivity (Wildman–Crippen MR) is 99.1 cm³/mol. The first-order chi connectivity index (χ1) is 11.4. The molecule has 140 valence electrons. The van der Waals surface area contributed by atoms with Gasteiger partial charge in [-0.05, 0) is 55.4 Å². The topological polar surface area (TPSA) is 32.7 Å². The molecule has 0 aromatic carbocycles. The molecule has 0 radical (unpaired) electrons. The average molecular weight is 338 g/mol. The quantitative estimate of drug-likeness (QED) is 0.754. The Morgan fingerprint density at radius 2 is 1.83 bits per heavy atom. The number of hydrogen-bond donors (Lipinski definition) is 1. The van der Waals surface area contributed by atoms with Crippen molar-refractivity contribution in [1.29, 1.82) is 0 Å². The summed E-state index contributed by atoms with van der Waals surface area (Å²) in [5, 5.41) is 10.6. The molecule has 3 saturated carbocycles. The highest BCUT2D eigenvalue weighted by molar-refractivity contribution is 5.11. The van der Waals surface area contributed by atoms with Crippen LogP contribution in [-0.2, 0) is 4.74 Å². The van der Waals surface area contributed by atoms with Crippen molar-refractivity contribution < 1.29 is 9.84 Å². The van der Waals surface area contributed by atoms with E-state index in [1.807, 2.05) is 0 Å². The Labute approximate surface area is 149 Å². The van der Waals surface area contributed by atoms with E-state index in [1.54, 1.807) is 0 Å². The van der Waals surface area contributed by atoms with Crippen LogP contribution >= 0.6 is 0 Å². The summed E-state index contributed by atoms with van der Waals surface area (Å²) in [6, 6.07) is 0.678. The molecule has 24 heavy (non-hydrogen) atoms. The molecule has 3 heteroatoms. The minimum Gasteiger partial charge on any atom is -0.389 e. The number of fused-ring (bicyclic) bond motifs is 2. The van der Waals surface area contributed by atoms with Gasteiger partial charge >= 0.3 is 0 Å². The first-order valence-electron chi connectivity index (χ1n) is 10.4. The summed E-state index contributed by atoms with van der Waals surface area (Å²) in [6.07, 6.45) is 10.5. The van der Waals surface area contributed by atoms with Gasteiger partial charge in [0, 0.05) is 12.6 Å². The van der Waals surface area contributed by atoms with Crippen LogP contribution in [0.25, 0.3) is 0 Å². The lowest BCUT2D eigenvalue weighted by atomic mass is 9.70. The van der Waals surface area contributed by atoms with E-state index in [4.69, 9.17) is 4.74 Å². The van der Waals surface area contributed by atoms with Gasteiger partial charge in [0.25, 0.3) is 0 Å². The van der Waals surface area contributed by atoms with Crippen LogP contribution in [-0.4, -0.2) is 48.0 Å². The molecule has 0 aliphatic heterocycles. The molecule has 0 spiro atoms. The highest BCUT2D eigenvalue weighted by Crippen LogP contribution is 2.66. The molecule has 3 fully saturated rings. The van der Waals surface area contributed by atoms with Crippen LogP contribution in [0.15, 0.2) is 0 Å². The molecular formula is C21H39NO2. The monoisotopic (exact) mass is 337 g/mol. The van der Waals surface area contributed by atoms with Crippen molar-refractivity contribution in [2.45, 2.75) is 97.3 Å². The fourth-order valence-corrected chi connectivity index (χ4v) is 5.92. The second-order valence-corrected chi connectivity index (χ2v) is 9.47. The summed E-state index contributed by atoms with van der Waals surface area (Å²) in [7, 11) is 0. The Bertz CT molecular complexity index is 418. The zero-order valence-electron chi connectivity index (χ0n) is 16.4. The Morgan fingerprint density at radius 1 is 1.12 bits per heavy atom. The normalized spacial score (nSPS) is 37.2. The van der Waals surface area contributed by atoms with Crippen molar-refractivity contribution in [3.05, 3.63) is 0 Å². The summed E-state index contributed by atoms with van der Waals surface area (Å²) >= 11 is 0. The van der Waals surface area contributed by atoms with E-state index in [0.717, 1.165) is 19.0 Å². The summed E-state index contributed by atoms with van der Waals surface area (Å²) in [5.74, 6) is 0.805. The molecule has 4 atom stereocenters.